The van der Waals surface area contributed by atoms with Crippen molar-refractivity contribution in [3.05, 3.63) is 15.3 Å². The van der Waals surface area contributed by atoms with E-state index in [-0.39, 0.29) is 5.41 Å². The monoisotopic (exact) mass is 319 g/mol. The molecule has 0 saturated carbocycles. The highest BCUT2D eigenvalue weighted by Gasteiger charge is 2.31. The van der Waals surface area contributed by atoms with Crippen LogP contribution in [0.4, 0.5) is 4.39 Å². The third-order valence-electron chi connectivity index (χ3n) is 4.02. The van der Waals surface area contributed by atoms with Crippen LogP contribution in [0.15, 0.2) is 0 Å². The first-order valence-electron chi connectivity index (χ1n) is 7.85. The quantitative estimate of drug-likeness (QED) is 0.435. The average molecular weight is 320 g/mol. The van der Waals surface area contributed by atoms with Crippen LogP contribution < -0.4 is 0 Å². The summed E-state index contributed by atoms with van der Waals surface area (Å²) in [5, 5.41) is -0.0257. The van der Waals surface area contributed by atoms with Gasteiger partial charge in [-0.25, -0.2) is 0 Å². The number of aromatic nitrogens is 1. The van der Waals surface area contributed by atoms with Crippen molar-refractivity contribution in [2.45, 2.75) is 84.0 Å². The van der Waals surface area contributed by atoms with Crippen LogP contribution in [0, 0.1) is 5.26 Å². The van der Waals surface area contributed by atoms with Gasteiger partial charge in [0.2, 0.25) is 0 Å². The molecule has 0 spiro atoms. The lowest BCUT2D eigenvalue weighted by atomic mass is 9.79. The highest BCUT2D eigenvalue weighted by Crippen LogP contribution is 2.41. The fraction of sp³-hybridized carbons (Fsp3) is 0.812. The second kappa shape index (κ2) is 8.99. The van der Waals surface area contributed by atoms with E-state index in [4.69, 9.17) is 11.6 Å². The first kappa shape index (κ1) is 17.9. The van der Waals surface area contributed by atoms with Gasteiger partial charge >= 0.3 is 0 Å². The SMILES string of the molecule is CCCCCCC(C)(CCCCC)c1sc(F)nc1Cl. The lowest BCUT2D eigenvalue weighted by Gasteiger charge is -2.29. The number of unbranched alkanes of at least 4 members (excludes halogenated alkanes) is 5. The van der Waals surface area contributed by atoms with Crippen molar-refractivity contribution in [1.82, 2.24) is 4.98 Å². The molecule has 1 unspecified atom stereocenters. The van der Waals surface area contributed by atoms with Crippen molar-refractivity contribution in [3.63, 3.8) is 0 Å². The summed E-state index contributed by atoms with van der Waals surface area (Å²) in [7, 11) is 0. The van der Waals surface area contributed by atoms with Gasteiger partial charge in [-0.1, -0.05) is 88.7 Å². The second-order valence-electron chi connectivity index (χ2n) is 5.92. The summed E-state index contributed by atoms with van der Waals surface area (Å²) in [6.07, 6.45) is 10.7. The van der Waals surface area contributed by atoms with Gasteiger partial charge < -0.3 is 0 Å². The third-order valence-corrected chi connectivity index (χ3v) is 5.56. The molecule has 116 valence electrons. The molecule has 1 aromatic rings. The van der Waals surface area contributed by atoms with E-state index in [2.05, 4.69) is 25.8 Å². The van der Waals surface area contributed by atoms with Gasteiger partial charge in [-0.2, -0.15) is 9.37 Å². The zero-order valence-electron chi connectivity index (χ0n) is 13.0. The van der Waals surface area contributed by atoms with E-state index >= 15 is 0 Å². The molecule has 0 aliphatic carbocycles. The molecule has 1 rings (SSSR count). The summed E-state index contributed by atoms with van der Waals surface area (Å²) in [5.41, 5.74) is -0.0119. The molecule has 0 aromatic carbocycles. The van der Waals surface area contributed by atoms with Crippen molar-refractivity contribution in [2.75, 3.05) is 0 Å². The largest absolute Gasteiger partial charge is 0.270 e. The van der Waals surface area contributed by atoms with E-state index in [1.165, 1.54) is 44.9 Å². The Morgan fingerprint density at radius 1 is 1.05 bits per heavy atom. The van der Waals surface area contributed by atoms with Crippen LogP contribution in [0.5, 0.6) is 0 Å². The Labute approximate surface area is 132 Å². The normalized spacial score (nSPS) is 14.4. The molecule has 20 heavy (non-hydrogen) atoms. The molecule has 0 amide bonds. The lowest BCUT2D eigenvalue weighted by molar-refractivity contribution is 0.371. The Morgan fingerprint density at radius 2 is 1.60 bits per heavy atom. The number of hydrogen-bond donors (Lipinski definition) is 0. The number of nitrogens with zero attached hydrogens (tertiary/aromatic N) is 1. The highest BCUT2D eigenvalue weighted by molar-refractivity contribution is 7.10. The second-order valence-corrected chi connectivity index (χ2v) is 7.22. The molecule has 1 aromatic heterocycles. The first-order chi connectivity index (χ1) is 9.53. The maximum Gasteiger partial charge on any atom is 0.270 e. The van der Waals surface area contributed by atoms with Gasteiger partial charge in [0.05, 0.1) is 4.88 Å². The third kappa shape index (κ3) is 5.33. The molecule has 0 saturated heterocycles. The molecule has 0 N–H and O–H groups in total. The fourth-order valence-electron chi connectivity index (χ4n) is 2.71. The summed E-state index contributed by atoms with van der Waals surface area (Å²) in [5.74, 6) is 0. The van der Waals surface area contributed by atoms with Crippen LogP contribution in [0.1, 0.15) is 83.4 Å². The van der Waals surface area contributed by atoms with Crippen molar-refractivity contribution >= 4 is 22.9 Å². The fourth-order valence-corrected chi connectivity index (χ4v) is 4.06. The van der Waals surface area contributed by atoms with E-state index in [1.54, 1.807) is 0 Å². The van der Waals surface area contributed by atoms with Gasteiger partial charge in [-0.3, -0.25) is 0 Å². The number of rotatable bonds is 10. The van der Waals surface area contributed by atoms with Crippen molar-refractivity contribution in [1.29, 1.82) is 0 Å². The Hall–Kier alpha value is -0.150. The number of hydrogen-bond acceptors (Lipinski definition) is 2. The Bertz CT molecular complexity index is 394. The van der Waals surface area contributed by atoms with Gasteiger partial charge in [0.1, 0.15) is 5.15 Å². The van der Waals surface area contributed by atoms with Crippen LogP contribution in [-0.4, -0.2) is 4.98 Å². The Balaban J connectivity index is 2.74. The smallest absolute Gasteiger partial charge is 0.197 e. The predicted octanol–water partition coefficient (Wildman–Crippen LogP) is 6.74. The summed E-state index contributed by atoms with van der Waals surface area (Å²) < 4.78 is 13.4. The maximum absolute atomic E-state index is 13.4. The van der Waals surface area contributed by atoms with Gasteiger partial charge in [-0.15, -0.1) is 0 Å². The molecule has 1 atom stereocenters. The molecule has 0 radical (unpaired) electrons. The van der Waals surface area contributed by atoms with E-state index in [9.17, 15) is 4.39 Å². The molecular formula is C16H27ClFNS. The molecular weight excluding hydrogens is 293 g/mol. The van der Waals surface area contributed by atoms with E-state index in [1.807, 2.05) is 0 Å². The number of thiazole rings is 1. The van der Waals surface area contributed by atoms with E-state index in [0.29, 0.717) is 5.15 Å². The number of halogens is 2. The van der Waals surface area contributed by atoms with Gasteiger partial charge in [0.15, 0.2) is 0 Å². The summed E-state index contributed by atoms with van der Waals surface area (Å²) in [4.78, 5) is 4.72. The molecule has 0 fully saturated rings. The summed E-state index contributed by atoms with van der Waals surface area (Å²) in [6, 6.07) is 0. The van der Waals surface area contributed by atoms with Gasteiger partial charge in [0, 0.05) is 5.41 Å². The van der Waals surface area contributed by atoms with Crippen molar-refractivity contribution < 1.29 is 4.39 Å². The average Bonchev–Trinajstić information content (AvgIpc) is 2.75. The minimum Gasteiger partial charge on any atom is -0.197 e. The molecule has 0 aliphatic rings. The highest BCUT2D eigenvalue weighted by atomic mass is 35.5. The zero-order chi connectivity index (χ0) is 15.0. The minimum atomic E-state index is -0.403. The first-order valence-corrected chi connectivity index (χ1v) is 9.05. The van der Waals surface area contributed by atoms with Crippen LogP contribution in [0.3, 0.4) is 0 Å². The van der Waals surface area contributed by atoms with Gasteiger partial charge in [0.25, 0.3) is 5.26 Å². The van der Waals surface area contributed by atoms with Crippen LogP contribution in [0.25, 0.3) is 0 Å². The predicted molar refractivity (Wildman–Crippen MR) is 87.3 cm³/mol. The lowest BCUT2D eigenvalue weighted by Crippen LogP contribution is -2.21. The summed E-state index contributed by atoms with van der Waals surface area (Å²) >= 11 is 7.28. The topological polar surface area (TPSA) is 12.9 Å². The van der Waals surface area contributed by atoms with Crippen LogP contribution >= 0.6 is 22.9 Å². The maximum atomic E-state index is 13.4. The standard InChI is InChI=1S/C16H27ClFNS/c1-4-6-8-10-12-16(3,11-9-7-5-2)13-14(17)19-15(18)20-13/h4-12H2,1-3H3. The Morgan fingerprint density at radius 3 is 2.10 bits per heavy atom. The van der Waals surface area contributed by atoms with Gasteiger partial charge in [-0.05, 0) is 12.8 Å². The minimum absolute atomic E-state index is 0.0119. The summed E-state index contributed by atoms with van der Waals surface area (Å²) in [6.45, 7) is 6.65. The molecule has 1 nitrogen and oxygen atoms in total. The zero-order valence-corrected chi connectivity index (χ0v) is 14.5. The molecule has 0 bridgehead atoms. The molecule has 0 aliphatic heterocycles. The molecule has 1 heterocycles. The van der Waals surface area contributed by atoms with E-state index in [0.717, 1.165) is 29.1 Å². The van der Waals surface area contributed by atoms with Crippen LogP contribution in [-0.2, 0) is 5.41 Å². The van der Waals surface area contributed by atoms with E-state index < -0.39 is 5.26 Å². The van der Waals surface area contributed by atoms with Crippen molar-refractivity contribution in [2.24, 2.45) is 0 Å². The van der Waals surface area contributed by atoms with Crippen LogP contribution in [0.2, 0.25) is 5.15 Å². The van der Waals surface area contributed by atoms with Crippen molar-refractivity contribution in [3.8, 4) is 0 Å². The Kier molecular flexibility index (Phi) is 8.04. The molecule has 4 heteroatoms.